The highest BCUT2D eigenvalue weighted by molar-refractivity contribution is 7.92. The number of nitrogen functional groups attached to an aromatic ring is 1. The number of aromatic nitrogens is 4. The monoisotopic (exact) mass is 469 g/mol. The van der Waals surface area contributed by atoms with Gasteiger partial charge in [0, 0.05) is 17.6 Å². The number of hydrogen-bond acceptors (Lipinski definition) is 7. The van der Waals surface area contributed by atoms with E-state index in [0.29, 0.717) is 41.6 Å². The van der Waals surface area contributed by atoms with E-state index >= 15 is 0 Å². The van der Waals surface area contributed by atoms with Gasteiger partial charge in [-0.1, -0.05) is 29.8 Å². The van der Waals surface area contributed by atoms with Gasteiger partial charge in [-0.25, -0.2) is 8.42 Å². The number of halogens is 1. The van der Waals surface area contributed by atoms with E-state index in [1.807, 2.05) is 24.3 Å². The number of nitrogens with zero attached hydrogens (tertiary/aromatic N) is 4. The number of para-hydroxylation sites is 1. The van der Waals surface area contributed by atoms with Crippen LogP contribution in [-0.4, -0.2) is 41.2 Å². The van der Waals surface area contributed by atoms with Crippen LogP contribution < -0.4 is 15.4 Å². The Labute approximate surface area is 189 Å². The van der Waals surface area contributed by atoms with Crippen LogP contribution in [0, 0.1) is 0 Å². The van der Waals surface area contributed by atoms with Gasteiger partial charge in [-0.05, 0) is 48.7 Å². The van der Waals surface area contributed by atoms with Crippen molar-refractivity contribution in [2.24, 2.45) is 0 Å². The maximum absolute atomic E-state index is 13.5. The number of nitrogens with one attached hydrogen (secondary N) is 2. The summed E-state index contributed by atoms with van der Waals surface area (Å²) in [5.41, 5.74) is 7.98. The summed E-state index contributed by atoms with van der Waals surface area (Å²) >= 11 is 5.95. The van der Waals surface area contributed by atoms with Crippen molar-refractivity contribution in [2.75, 3.05) is 21.9 Å². The number of sulfonamides is 1. The summed E-state index contributed by atoms with van der Waals surface area (Å²) in [5.74, 6) is 0.697. The van der Waals surface area contributed by atoms with Crippen LogP contribution in [-0.2, 0) is 16.4 Å². The van der Waals surface area contributed by atoms with Crippen LogP contribution in [0.1, 0.15) is 12.0 Å². The molecule has 2 aromatic heterocycles. The highest BCUT2D eigenvalue weighted by Gasteiger charge is 2.31. The predicted octanol–water partition coefficient (Wildman–Crippen LogP) is 3.21. The fraction of sp³-hybridized carbons (Fsp3) is 0.190. The smallest absolute Gasteiger partial charge is 0.264 e. The van der Waals surface area contributed by atoms with Gasteiger partial charge in [0.15, 0.2) is 5.65 Å². The molecule has 1 atom stereocenters. The van der Waals surface area contributed by atoms with Crippen molar-refractivity contribution < 1.29 is 8.42 Å². The fourth-order valence-electron chi connectivity index (χ4n) is 3.95. The molecule has 32 heavy (non-hydrogen) atoms. The van der Waals surface area contributed by atoms with Gasteiger partial charge in [0.05, 0.1) is 22.2 Å². The Morgan fingerprint density at radius 1 is 1.12 bits per heavy atom. The molecule has 2 aromatic carbocycles. The third-order valence-electron chi connectivity index (χ3n) is 5.48. The molecule has 0 saturated heterocycles. The summed E-state index contributed by atoms with van der Waals surface area (Å²) in [7, 11) is -3.76. The van der Waals surface area contributed by atoms with Gasteiger partial charge in [-0.2, -0.15) is 15.1 Å². The topological polar surface area (TPSA) is 130 Å². The number of rotatable bonds is 4. The molecule has 0 radical (unpaired) electrons. The molecule has 9 nitrogen and oxygen atoms in total. The second-order valence-electron chi connectivity index (χ2n) is 7.56. The molecule has 0 bridgehead atoms. The summed E-state index contributed by atoms with van der Waals surface area (Å²) < 4.78 is 28.4. The second kappa shape index (κ2) is 7.95. The van der Waals surface area contributed by atoms with Crippen molar-refractivity contribution in [3.63, 3.8) is 0 Å². The largest absolute Gasteiger partial charge is 0.368 e. The van der Waals surface area contributed by atoms with Crippen molar-refractivity contribution >= 4 is 50.1 Å². The van der Waals surface area contributed by atoms with Gasteiger partial charge in [-0.3, -0.25) is 9.40 Å². The zero-order chi connectivity index (χ0) is 22.3. The fourth-order valence-corrected chi connectivity index (χ4v) is 5.59. The van der Waals surface area contributed by atoms with Crippen LogP contribution in [0.25, 0.3) is 11.0 Å². The standard InChI is InChI=1S/C21H20ClN7O2S/c22-14-5-7-16(8-6-14)32(30,31)29-10-9-15(11-13-3-1-2-4-18(13)29)25-19-17-12-24-28-20(17)27-21(23)26-19/h1-8,12,15H,9-11H2,(H4,23,24,25,26,27,28). The number of H-pyrrole nitrogens is 1. The molecule has 4 aromatic rings. The molecule has 164 valence electrons. The molecule has 4 N–H and O–H groups in total. The zero-order valence-corrected chi connectivity index (χ0v) is 18.4. The Morgan fingerprint density at radius 2 is 1.91 bits per heavy atom. The number of anilines is 3. The van der Waals surface area contributed by atoms with Gasteiger partial charge in [0.25, 0.3) is 10.0 Å². The first-order valence-corrected chi connectivity index (χ1v) is 11.8. The summed E-state index contributed by atoms with van der Waals surface area (Å²) in [4.78, 5) is 8.67. The Morgan fingerprint density at radius 3 is 2.72 bits per heavy atom. The minimum absolute atomic E-state index is 0.0750. The van der Waals surface area contributed by atoms with Gasteiger partial charge in [0.1, 0.15) is 5.82 Å². The first-order chi connectivity index (χ1) is 15.4. The van der Waals surface area contributed by atoms with Crippen molar-refractivity contribution in [2.45, 2.75) is 23.8 Å². The lowest BCUT2D eigenvalue weighted by Crippen LogP contribution is -2.33. The van der Waals surface area contributed by atoms with Crippen LogP contribution in [0.3, 0.4) is 0 Å². The molecule has 0 saturated carbocycles. The van der Waals surface area contributed by atoms with Gasteiger partial charge in [0.2, 0.25) is 5.95 Å². The van der Waals surface area contributed by atoms with Crippen LogP contribution >= 0.6 is 11.6 Å². The van der Waals surface area contributed by atoms with Crippen LogP contribution in [0.4, 0.5) is 17.5 Å². The Hall–Kier alpha value is -3.37. The summed E-state index contributed by atoms with van der Waals surface area (Å²) in [6.45, 7) is 0.300. The summed E-state index contributed by atoms with van der Waals surface area (Å²) in [6, 6.07) is 13.7. The first-order valence-electron chi connectivity index (χ1n) is 10.0. The lowest BCUT2D eigenvalue weighted by Gasteiger charge is -2.24. The SMILES string of the molecule is Nc1nc(NC2CCN(S(=O)(=O)c3ccc(Cl)cc3)c3ccccc3C2)c2cn[nH]c2n1. The predicted molar refractivity (Wildman–Crippen MR) is 124 cm³/mol. The minimum Gasteiger partial charge on any atom is -0.368 e. The molecule has 11 heteroatoms. The van der Waals surface area contributed by atoms with E-state index in [9.17, 15) is 8.42 Å². The number of benzene rings is 2. The lowest BCUT2D eigenvalue weighted by molar-refractivity contribution is 0.587. The number of fused-ring (bicyclic) bond motifs is 2. The molecule has 1 unspecified atom stereocenters. The van der Waals surface area contributed by atoms with Gasteiger partial charge < -0.3 is 11.1 Å². The molecule has 0 aliphatic carbocycles. The molecule has 0 fully saturated rings. The molecule has 0 spiro atoms. The van der Waals surface area contributed by atoms with Crippen LogP contribution in [0.5, 0.6) is 0 Å². The van der Waals surface area contributed by atoms with E-state index in [4.69, 9.17) is 17.3 Å². The number of hydrogen-bond donors (Lipinski definition) is 3. The van der Waals surface area contributed by atoms with E-state index in [0.717, 1.165) is 10.9 Å². The van der Waals surface area contributed by atoms with Crippen molar-refractivity contribution in [3.05, 3.63) is 65.3 Å². The van der Waals surface area contributed by atoms with Crippen LogP contribution in [0.2, 0.25) is 5.02 Å². The second-order valence-corrected chi connectivity index (χ2v) is 9.86. The maximum atomic E-state index is 13.5. The number of aromatic amines is 1. The lowest BCUT2D eigenvalue weighted by atomic mass is 10.0. The molecular formula is C21H20ClN7O2S. The highest BCUT2D eigenvalue weighted by Crippen LogP contribution is 2.33. The molecular weight excluding hydrogens is 450 g/mol. The van der Waals surface area contributed by atoms with Gasteiger partial charge >= 0.3 is 0 Å². The third kappa shape index (κ3) is 3.71. The highest BCUT2D eigenvalue weighted by atomic mass is 35.5. The average molecular weight is 470 g/mol. The van der Waals surface area contributed by atoms with Gasteiger partial charge in [-0.15, -0.1) is 0 Å². The van der Waals surface area contributed by atoms with E-state index in [1.54, 1.807) is 18.3 Å². The summed E-state index contributed by atoms with van der Waals surface area (Å²) in [5, 5.41) is 11.4. The Kier molecular flexibility index (Phi) is 5.10. The molecule has 5 rings (SSSR count). The Balaban J connectivity index is 1.49. The zero-order valence-electron chi connectivity index (χ0n) is 16.9. The first kappa shape index (κ1) is 20.5. The summed E-state index contributed by atoms with van der Waals surface area (Å²) in [6.07, 6.45) is 2.82. The normalized spacial score (nSPS) is 16.5. The maximum Gasteiger partial charge on any atom is 0.264 e. The van der Waals surface area contributed by atoms with Crippen LogP contribution in [0.15, 0.2) is 59.6 Å². The van der Waals surface area contributed by atoms with E-state index in [1.165, 1.54) is 16.4 Å². The van der Waals surface area contributed by atoms with Crippen molar-refractivity contribution in [1.29, 1.82) is 0 Å². The minimum atomic E-state index is -3.76. The molecule has 3 heterocycles. The third-order valence-corrected chi connectivity index (χ3v) is 7.56. The molecule has 1 aliphatic heterocycles. The van der Waals surface area contributed by atoms with E-state index < -0.39 is 10.0 Å². The molecule has 0 amide bonds. The van der Waals surface area contributed by atoms with E-state index in [2.05, 4.69) is 25.5 Å². The quantitative estimate of drug-likeness (QED) is 0.418. The number of nitrogens with two attached hydrogens (primary N) is 1. The Bertz CT molecular complexity index is 1390. The van der Waals surface area contributed by atoms with E-state index in [-0.39, 0.29) is 16.9 Å². The van der Waals surface area contributed by atoms with Crippen molar-refractivity contribution in [3.8, 4) is 0 Å². The molecule has 1 aliphatic rings. The van der Waals surface area contributed by atoms with Crippen molar-refractivity contribution in [1.82, 2.24) is 20.2 Å². The average Bonchev–Trinajstić information content (AvgIpc) is 3.15.